The van der Waals surface area contributed by atoms with Crippen LogP contribution in [0.2, 0.25) is 0 Å². The van der Waals surface area contributed by atoms with Crippen LogP contribution in [0.3, 0.4) is 0 Å². The van der Waals surface area contributed by atoms with Crippen LogP contribution in [-0.4, -0.2) is 54.6 Å². The summed E-state index contributed by atoms with van der Waals surface area (Å²) < 4.78 is 0. The van der Waals surface area contributed by atoms with Crippen LogP contribution in [0.15, 0.2) is 0 Å². The Morgan fingerprint density at radius 3 is 2.67 bits per heavy atom. The van der Waals surface area contributed by atoms with E-state index in [9.17, 15) is 4.79 Å². The van der Waals surface area contributed by atoms with E-state index in [-0.39, 0.29) is 5.91 Å². The van der Waals surface area contributed by atoms with Gasteiger partial charge in [0.15, 0.2) is 0 Å². The van der Waals surface area contributed by atoms with Gasteiger partial charge in [-0.2, -0.15) is 0 Å². The third-order valence-corrected chi connectivity index (χ3v) is 4.54. The fourth-order valence-electron chi connectivity index (χ4n) is 3.04. The number of hydrogen-bond donors (Lipinski definition) is 1. The highest BCUT2D eigenvalue weighted by atomic mass is 16.2. The van der Waals surface area contributed by atoms with Crippen molar-refractivity contribution in [3.05, 3.63) is 0 Å². The molecule has 1 aliphatic carbocycles. The predicted molar refractivity (Wildman–Crippen MR) is 73.2 cm³/mol. The van der Waals surface area contributed by atoms with Gasteiger partial charge in [-0.3, -0.25) is 10.1 Å². The summed E-state index contributed by atoms with van der Waals surface area (Å²) in [6.45, 7) is 6.75. The number of likely N-dealkylation sites (N-methyl/N-ethyl adjacent to an activating group) is 1. The minimum atomic E-state index is 0.282. The van der Waals surface area contributed by atoms with Crippen molar-refractivity contribution in [3.8, 4) is 0 Å². The summed E-state index contributed by atoms with van der Waals surface area (Å²) in [5.74, 6) is 0.963. The number of nitrogens with zero attached hydrogens (tertiary/aromatic N) is 2. The molecule has 1 aliphatic heterocycles. The van der Waals surface area contributed by atoms with Crippen molar-refractivity contribution in [1.29, 1.82) is 0 Å². The maximum Gasteiger partial charge on any atom is 0.237 e. The van der Waals surface area contributed by atoms with Crippen LogP contribution in [0.4, 0.5) is 0 Å². The second kappa shape index (κ2) is 6.02. The molecule has 104 valence electrons. The lowest BCUT2D eigenvalue weighted by Gasteiger charge is -2.31. The molecule has 2 rings (SSSR count). The first-order valence-electron chi connectivity index (χ1n) is 7.32. The predicted octanol–water partition coefficient (Wildman–Crippen LogP) is 1.27. The Morgan fingerprint density at radius 1 is 1.39 bits per heavy atom. The van der Waals surface area contributed by atoms with Gasteiger partial charge in [0.25, 0.3) is 0 Å². The number of nitrogens with one attached hydrogen (secondary N) is 1. The summed E-state index contributed by atoms with van der Waals surface area (Å²) in [6.07, 6.45) is 5.52. The van der Waals surface area contributed by atoms with E-state index in [1.54, 1.807) is 0 Å². The highest BCUT2D eigenvalue weighted by molar-refractivity contribution is 5.80. The van der Waals surface area contributed by atoms with Crippen molar-refractivity contribution in [2.24, 2.45) is 5.92 Å². The third-order valence-electron chi connectivity index (χ3n) is 4.54. The van der Waals surface area contributed by atoms with Gasteiger partial charge in [0.2, 0.25) is 5.91 Å². The van der Waals surface area contributed by atoms with Gasteiger partial charge in [-0.15, -0.1) is 0 Å². The van der Waals surface area contributed by atoms with E-state index < -0.39 is 0 Å². The van der Waals surface area contributed by atoms with Crippen LogP contribution >= 0.6 is 0 Å². The minimum Gasteiger partial charge on any atom is -0.324 e. The first kappa shape index (κ1) is 13.8. The zero-order chi connectivity index (χ0) is 13.1. The Kier molecular flexibility index (Phi) is 4.62. The molecule has 1 saturated carbocycles. The van der Waals surface area contributed by atoms with E-state index in [2.05, 4.69) is 36.0 Å². The second-order valence-electron chi connectivity index (χ2n) is 6.03. The fraction of sp³-hybridized carbons (Fsp3) is 0.929. The highest BCUT2D eigenvalue weighted by Gasteiger charge is 2.36. The molecule has 1 heterocycles. The molecule has 0 aromatic carbocycles. The van der Waals surface area contributed by atoms with Crippen LogP contribution in [0.1, 0.15) is 39.5 Å². The van der Waals surface area contributed by atoms with Crippen molar-refractivity contribution >= 4 is 5.91 Å². The fourth-order valence-corrected chi connectivity index (χ4v) is 3.04. The first-order chi connectivity index (χ1) is 8.59. The zero-order valence-corrected chi connectivity index (χ0v) is 12.0. The lowest BCUT2D eigenvalue weighted by atomic mass is 10.0. The minimum absolute atomic E-state index is 0.282. The number of amides is 1. The molecule has 0 aromatic rings. The van der Waals surface area contributed by atoms with Crippen LogP contribution in [0, 0.1) is 5.92 Å². The first-order valence-corrected chi connectivity index (χ1v) is 7.32. The molecule has 1 saturated heterocycles. The standard InChI is InChI=1S/C14H27N3O/c1-11(2)16(3)8-9-17-13(18)10-15-14(17)12-6-4-5-7-12/h11-12,14-15H,4-10H2,1-3H3. The lowest BCUT2D eigenvalue weighted by Crippen LogP contribution is -2.46. The van der Waals surface area contributed by atoms with Crippen molar-refractivity contribution in [3.63, 3.8) is 0 Å². The molecule has 18 heavy (non-hydrogen) atoms. The number of rotatable bonds is 5. The Balaban J connectivity index is 1.89. The molecule has 0 aromatic heterocycles. The van der Waals surface area contributed by atoms with Crippen LogP contribution in [-0.2, 0) is 4.79 Å². The molecule has 0 radical (unpaired) electrons. The molecule has 2 aliphatic rings. The average molecular weight is 253 g/mol. The van der Waals surface area contributed by atoms with E-state index in [0.29, 0.717) is 24.7 Å². The Morgan fingerprint density at radius 2 is 2.06 bits per heavy atom. The van der Waals surface area contributed by atoms with E-state index in [1.165, 1.54) is 25.7 Å². The molecule has 0 spiro atoms. The summed E-state index contributed by atoms with van der Waals surface area (Å²) in [5.41, 5.74) is 0. The lowest BCUT2D eigenvalue weighted by molar-refractivity contribution is -0.128. The van der Waals surface area contributed by atoms with Gasteiger partial charge in [-0.25, -0.2) is 0 Å². The quantitative estimate of drug-likeness (QED) is 0.801. The Hall–Kier alpha value is -0.610. The zero-order valence-electron chi connectivity index (χ0n) is 12.0. The Labute approximate surface area is 111 Å². The average Bonchev–Trinajstić information content (AvgIpc) is 2.95. The normalized spacial score (nSPS) is 25.9. The van der Waals surface area contributed by atoms with Crippen molar-refractivity contribution < 1.29 is 4.79 Å². The van der Waals surface area contributed by atoms with E-state index in [4.69, 9.17) is 0 Å². The van der Waals surface area contributed by atoms with Crippen LogP contribution in [0.25, 0.3) is 0 Å². The van der Waals surface area contributed by atoms with Crippen molar-refractivity contribution in [2.75, 3.05) is 26.7 Å². The molecular formula is C14H27N3O. The number of carbonyl (C=O) groups excluding carboxylic acids is 1. The number of hydrogen-bond acceptors (Lipinski definition) is 3. The smallest absolute Gasteiger partial charge is 0.237 e. The third kappa shape index (κ3) is 3.04. The summed E-state index contributed by atoms with van der Waals surface area (Å²) >= 11 is 0. The summed E-state index contributed by atoms with van der Waals surface area (Å²) in [6, 6.07) is 0.542. The van der Waals surface area contributed by atoms with Gasteiger partial charge in [-0.05, 0) is 39.7 Å². The van der Waals surface area contributed by atoms with Gasteiger partial charge < -0.3 is 9.80 Å². The second-order valence-corrected chi connectivity index (χ2v) is 6.03. The SMILES string of the molecule is CC(C)N(C)CCN1C(=O)CNC1C1CCCC1. The van der Waals surface area contributed by atoms with Crippen LogP contribution in [0.5, 0.6) is 0 Å². The van der Waals surface area contributed by atoms with Gasteiger partial charge in [0, 0.05) is 19.1 Å². The summed E-state index contributed by atoms with van der Waals surface area (Å²) in [4.78, 5) is 16.3. The summed E-state index contributed by atoms with van der Waals surface area (Å²) in [7, 11) is 2.13. The molecular weight excluding hydrogens is 226 g/mol. The maximum absolute atomic E-state index is 12.0. The molecule has 1 atom stereocenters. The van der Waals surface area contributed by atoms with E-state index >= 15 is 0 Å². The topological polar surface area (TPSA) is 35.6 Å². The summed E-state index contributed by atoms with van der Waals surface area (Å²) in [5, 5.41) is 3.41. The largest absolute Gasteiger partial charge is 0.324 e. The van der Waals surface area contributed by atoms with Crippen LogP contribution < -0.4 is 5.32 Å². The number of carbonyl (C=O) groups is 1. The van der Waals surface area contributed by atoms with Crippen molar-refractivity contribution in [2.45, 2.75) is 51.7 Å². The molecule has 4 nitrogen and oxygen atoms in total. The molecule has 2 fully saturated rings. The molecule has 4 heteroatoms. The van der Waals surface area contributed by atoms with Gasteiger partial charge in [0.1, 0.15) is 0 Å². The molecule has 1 amide bonds. The molecule has 0 bridgehead atoms. The van der Waals surface area contributed by atoms with Gasteiger partial charge in [-0.1, -0.05) is 12.8 Å². The maximum atomic E-state index is 12.0. The van der Waals surface area contributed by atoms with E-state index in [0.717, 1.165) is 13.1 Å². The highest BCUT2D eigenvalue weighted by Crippen LogP contribution is 2.30. The van der Waals surface area contributed by atoms with Gasteiger partial charge >= 0.3 is 0 Å². The van der Waals surface area contributed by atoms with Crippen molar-refractivity contribution in [1.82, 2.24) is 15.1 Å². The Bertz CT molecular complexity index is 287. The molecule has 1 N–H and O–H groups in total. The monoisotopic (exact) mass is 253 g/mol. The molecule has 1 unspecified atom stereocenters. The van der Waals surface area contributed by atoms with Gasteiger partial charge in [0.05, 0.1) is 12.7 Å². The van der Waals surface area contributed by atoms with E-state index in [1.807, 2.05) is 0 Å².